The summed E-state index contributed by atoms with van der Waals surface area (Å²) in [5.74, 6) is 0.887. The lowest BCUT2D eigenvalue weighted by atomic mass is 9.90. The van der Waals surface area contributed by atoms with Gasteiger partial charge in [-0.2, -0.15) is 0 Å². The molecule has 0 fully saturated rings. The van der Waals surface area contributed by atoms with Crippen LogP contribution in [0.5, 0.6) is 5.75 Å². The van der Waals surface area contributed by atoms with Crippen molar-refractivity contribution < 1.29 is 4.74 Å². The Bertz CT molecular complexity index is 480. The molecular formula is C16H24N2OS. The van der Waals surface area contributed by atoms with Crippen molar-refractivity contribution in [3.05, 3.63) is 24.3 Å². The van der Waals surface area contributed by atoms with Crippen molar-refractivity contribution in [2.24, 2.45) is 10.4 Å². The molecule has 110 valence electrons. The maximum absolute atomic E-state index is 5.63. The van der Waals surface area contributed by atoms with Gasteiger partial charge in [-0.3, -0.25) is 4.99 Å². The highest BCUT2D eigenvalue weighted by Crippen LogP contribution is 2.33. The number of hydrogen-bond acceptors (Lipinski definition) is 4. The van der Waals surface area contributed by atoms with Crippen LogP contribution in [0.15, 0.2) is 29.3 Å². The zero-order valence-corrected chi connectivity index (χ0v) is 13.6. The largest absolute Gasteiger partial charge is 0.492 e. The Labute approximate surface area is 126 Å². The van der Waals surface area contributed by atoms with Crippen LogP contribution >= 0.6 is 11.8 Å². The molecular weight excluding hydrogens is 268 g/mol. The molecule has 20 heavy (non-hydrogen) atoms. The smallest absolute Gasteiger partial charge is 0.161 e. The lowest BCUT2D eigenvalue weighted by Crippen LogP contribution is -2.16. The molecule has 4 heteroatoms. The third-order valence-electron chi connectivity index (χ3n) is 2.99. The Hall–Kier alpha value is -1.16. The number of nitrogens with zero attached hydrogens (tertiary/aromatic N) is 1. The van der Waals surface area contributed by atoms with Gasteiger partial charge in [-0.05, 0) is 30.9 Å². The fourth-order valence-electron chi connectivity index (χ4n) is 2.24. The van der Waals surface area contributed by atoms with Crippen LogP contribution in [-0.2, 0) is 0 Å². The molecule has 0 saturated carbocycles. The second-order valence-electron chi connectivity index (χ2n) is 6.20. The molecule has 1 aromatic rings. The van der Waals surface area contributed by atoms with E-state index in [9.17, 15) is 0 Å². The highest BCUT2D eigenvalue weighted by molar-refractivity contribution is 8.15. The third kappa shape index (κ3) is 4.44. The molecule has 0 amide bonds. The molecule has 3 nitrogen and oxygen atoms in total. The van der Waals surface area contributed by atoms with E-state index < -0.39 is 0 Å². The molecule has 0 radical (unpaired) electrons. The van der Waals surface area contributed by atoms with E-state index in [1.54, 1.807) is 0 Å². The van der Waals surface area contributed by atoms with Crippen molar-refractivity contribution in [2.45, 2.75) is 39.4 Å². The number of benzene rings is 1. The van der Waals surface area contributed by atoms with Gasteiger partial charge in [0.15, 0.2) is 5.17 Å². The van der Waals surface area contributed by atoms with E-state index in [4.69, 9.17) is 4.74 Å². The molecule has 1 unspecified atom stereocenters. The quantitative estimate of drug-likeness (QED) is 0.892. The Morgan fingerprint density at radius 2 is 2.10 bits per heavy atom. The molecule has 0 aliphatic carbocycles. The molecule has 1 heterocycles. The van der Waals surface area contributed by atoms with Gasteiger partial charge in [0, 0.05) is 5.25 Å². The number of anilines is 1. The van der Waals surface area contributed by atoms with Crippen molar-refractivity contribution in [3.8, 4) is 5.75 Å². The number of para-hydroxylation sites is 2. The van der Waals surface area contributed by atoms with E-state index in [1.807, 2.05) is 43.0 Å². The number of nitrogens with one attached hydrogen (secondary N) is 1. The van der Waals surface area contributed by atoms with E-state index in [0.29, 0.717) is 17.3 Å². The summed E-state index contributed by atoms with van der Waals surface area (Å²) in [5, 5.41) is 4.98. The highest BCUT2D eigenvalue weighted by Gasteiger charge is 2.25. The summed E-state index contributed by atoms with van der Waals surface area (Å²) in [4.78, 5) is 4.61. The summed E-state index contributed by atoms with van der Waals surface area (Å²) < 4.78 is 5.63. The molecule has 1 aliphatic heterocycles. The van der Waals surface area contributed by atoms with Crippen LogP contribution in [-0.4, -0.2) is 23.6 Å². The van der Waals surface area contributed by atoms with Gasteiger partial charge < -0.3 is 10.1 Å². The number of thioether (sulfide) groups is 1. The Morgan fingerprint density at radius 1 is 1.35 bits per heavy atom. The third-order valence-corrected chi connectivity index (χ3v) is 4.09. The summed E-state index contributed by atoms with van der Waals surface area (Å²) in [7, 11) is 0. The minimum atomic E-state index is 0.353. The number of amidine groups is 1. The Morgan fingerprint density at radius 3 is 2.80 bits per heavy atom. The van der Waals surface area contributed by atoms with Gasteiger partial charge in [0.25, 0.3) is 0 Å². The van der Waals surface area contributed by atoms with Crippen LogP contribution in [0.2, 0.25) is 0 Å². The maximum atomic E-state index is 5.63. The maximum Gasteiger partial charge on any atom is 0.161 e. The zero-order chi connectivity index (χ0) is 14.6. The first-order valence-electron chi connectivity index (χ1n) is 7.18. The molecule has 1 atom stereocenters. The van der Waals surface area contributed by atoms with Gasteiger partial charge in [-0.25, -0.2) is 0 Å². The molecule has 1 aromatic carbocycles. The SMILES string of the molecule is CCOc1ccccc1NC1=NCC(CC(C)(C)C)S1. The Balaban J connectivity index is 1.95. The number of hydrogen-bond donors (Lipinski definition) is 1. The summed E-state index contributed by atoms with van der Waals surface area (Å²) in [6.45, 7) is 10.4. The first kappa shape index (κ1) is 15.2. The van der Waals surface area contributed by atoms with Gasteiger partial charge in [0.2, 0.25) is 0 Å². The van der Waals surface area contributed by atoms with Gasteiger partial charge in [-0.15, -0.1) is 0 Å². The second kappa shape index (κ2) is 6.53. The van der Waals surface area contributed by atoms with Crippen molar-refractivity contribution in [1.82, 2.24) is 0 Å². The molecule has 0 saturated heterocycles. The van der Waals surface area contributed by atoms with E-state index in [2.05, 4.69) is 31.1 Å². The molecule has 1 N–H and O–H groups in total. The minimum absolute atomic E-state index is 0.353. The van der Waals surface area contributed by atoms with Crippen LogP contribution in [0.4, 0.5) is 5.69 Å². The fourth-order valence-corrected chi connectivity index (χ4v) is 3.61. The van der Waals surface area contributed by atoms with Crippen molar-refractivity contribution in [3.63, 3.8) is 0 Å². The number of aliphatic imine (C=N–C) groups is 1. The summed E-state index contributed by atoms with van der Waals surface area (Å²) >= 11 is 1.84. The van der Waals surface area contributed by atoms with Gasteiger partial charge in [0.05, 0.1) is 18.8 Å². The zero-order valence-electron chi connectivity index (χ0n) is 12.8. The fraction of sp³-hybridized carbons (Fsp3) is 0.562. The van der Waals surface area contributed by atoms with Crippen LogP contribution in [0.3, 0.4) is 0 Å². The van der Waals surface area contributed by atoms with Gasteiger partial charge >= 0.3 is 0 Å². The highest BCUT2D eigenvalue weighted by atomic mass is 32.2. The Kier molecular flexibility index (Phi) is 4.97. The number of rotatable bonds is 4. The van der Waals surface area contributed by atoms with E-state index >= 15 is 0 Å². The van der Waals surface area contributed by atoms with Crippen LogP contribution < -0.4 is 10.1 Å². The average Bonchev–Trinajstić information content (AvgIpc) is 2.77. The second-order valence-corrected chi connectivity index (χ2v) is 7.49. The molecule has 0 aromatic heterocycles. The normalized spacial score (nSPS) is 18.8. The lowest BCUT2D eigenvalue weighted by Gasteiger charge is -2.21. The molecule has 0 bridgehead atoms. The summed E-state index contributed by atoms with van der Waals surface area (Å²) in [5.41, 5.74) is 1.35. The van der Waals surface area contributed by atoms with E-state index in [1.165, 1.54) is 6.42 Å². The first-order chi connectivity index (χ1) is 9.48. The minimum Gasteiger partial charge on any atom is -0.492 e. The summed E-state index contributed by atoms with van der Waals surface area (Å²) in [6, 6.07) is 8.02. The number of ether oxygens (including phenoxy) is 1. The van der Waals surface area contributed by atoms with Crippen molar-refractivity contribution in [1.29, 1.82) is 0 Å². The van der Waals surface area contributed by atoms with Crippen molar-refractivity contribution in [2.75, 3.05) is 18.5 Å². The average molecular weight is 292 g/mol. The predicted molar refractivity (Wildman–Crippen MR) is 89.0 cm³/mol. The van der Waals surface area contributed by atoms with Crippen LogP contribution in [0.25, 0.3) is 0 Å². The molecule has 1 aliphatic rings. The standard InChI is InChI=1S/C16H24N2OS/c1-5-19-14-9-7-6-8-13(14)18-15-17-11-12(20-15)10-16(2,3)4/h6-9,12H,5,10-11H2,1-4H3,(H,17,18). The van der Waals surface area contributed by atoms with Crippen LogP contribution in [0, 0.1) is 5.41 Å². The molecule has 0 spiro atoms. The monoisotopic (exact) mass is 292 g/mol. The van der Waals surface area contributed by atoms with Crippen molar-refractivity contribution >= 4 is 22.6 Å². The lowest BCUT2D eigenvalue weighted by molar-refractivity contribution is 0.342. The first-order valence-corrected chi connectivity index (χ1v) is 8.06. The topological polar surface area (TPSA) is 33.6 Å². The predicted octanol–water partition coefficient (Wildman–Crippen LogP) is 4.40. The summed E-state index contributed by atoms with van der Waals surface area (Å²) in [6.07, 6.45) is 1.18. The van der Waals surface area contributed by atoms with E-state index in [0.717, 1.165) is 23.1 Å². The molecule has 2 rings (SSSR count). The van der Waals surface area contributed by atoms with Gasteiger partial charge in [-0.1, -0.05) is 44.7 Å². The van der Waals surface area contributed by atoms with E-state index in [-0.39, 0.29) is 0 Å². The van der Waals surface area contributed by atoms with Gasteiger partial charge in [0.1, 0.15) is 5.75 Å². The van der Waals surface area contributed by atoms with Crippen LogP contribution in [0.1, 0.15) is 34.1 Å².